The van der Waals surface area contributed by atoms with Gasteiger partial charge in [0.2, 0.25) is 0 Å². The zero-order valence-electron chi connectivity index (χ0n) is 13.6. The molecule has 0 fully saturated rings. The molecular weight excluding hydrogens is 334 g/mol. The summed E-state index contributed by atoms with van der Waals surface area (Å²) >= 11 is 6.08. The predicted octanol–water partition coefficient (Wildman–Crippen LogP) is 5.13. The Hall–Kier alpha value is -2.91. The molecular formula is C21H16ClNO2. The van der Waals surface area contributed by atoms with E-state index in [1.807, 2.05) is 31.2 Å². The second-order valence-corrected chi connectivity index (χ2v) is 6.09. The minimum atomic E-state index is -0.350. The SMILES string of the molecule is Cc1ccc(NC(=O)c2ccccc2Cl)c(C(=O)c2ccccc2)c1. The van der Waals surface area contributed by atoms with Crippen LogP contribution in [0, 0.1) is 6.92 Å². The zero-order valence-corrected chi connectivity index (χ0v) is 14.4. The predicted molar refractivity (Wildman–Crippen MR) is 100 cm³/mol. The van der Waals surface area contributed by atoms with Crippen LogP contribution in [0.3, 0.4) is 0 Å². The second kappa shape index (κ2) is 7.32. The second-order valence-electron chi connectivity index (χ2n) is 5.68. The molecule has 0 aliphatic heterocycles. The Bertz CT molecular complexity index is 936. The van der Waals surface area contributed by atoms with Crippen LogP contribution in [0.1, 0.15) is 31.8 Å². The Morgan fingerprint density at radius 2 is 1.52 bits per heavy atom. The van der Waals surface area contributed by atoms with Gasteiger partial charge < -0.3 is 5.32 Å². The first-order valence-electron chi connectivity index (χ1n) is 7.82. The molecule has 3 aromatic rings. The maximum Gasteiger partial charge on any atom is 0.257 e. The summed E-state index contributed by atoms with van der Waals surface area (Å²) in [5.41, 5.74) is 2.79. The molecule has 0 aliphatic rings. The summed E-state index contributed by atoms with van der Waals surface area (Å²) < 4.78 is 0. The van der Waals surface area contributed by atoms with Gasteiger partial charge in [-0.3, -0.25) is 9.59 Å². The number of carbonyl (C=O) groups is 2. The molecule has 0 saturated heterocycles. The molecule has 0 unspecified atom stereocenters. The lowest BCUT2D eigenvalue weighted by atomic mass is 9.99. The van der Waals surface area contributed by atoms with Crippen molar-refractivity contribution in [1.82, 2.24) is 0 Å². The number of halogens is 1. The van der Waals surface area contributed by atoms with Crippen LogP contribution in [0.2, 0.25) is 5.02 Å². The maximum atomic E-state index is 12.8. The molecule has 0 atom stereocenters. The van der Waals surface area contributed by atoms with E-state index in [4.69, 9.17) is 11.6 Å². The van der Waals surface area contributed by atoms with Crippen LogP contribution >= 0.6 is 11.6 Å². The van der Waals surface area contributed by atoms with Gasteiger partial charge in [-0.05, 0) is 31.2 Å². The van der Waals surface area contributed by atoms with Crippen molar-refractivity contribution in [3.63, 3.8) is 0 Å². The average Bonchev–Trinajstić information content (AvgIpc) is 2.63. The van der Waals surface area contributed by atoms with Gasteiger partial charge in [-0.15, -0.1) is 0 Å². The third-order valence-electron chi connectivity index (χ3n) is 3.82. The molecule has 3 rings (SSSR count). The number of amides is 1. The fourth-order valence-electron chi connectivity index (χ4n) is 2.53. The van der Waals surface area contributed by atoms with Crippen molar-refractivity contribution in [1.29, 1.82) is 0 Å². The Labute approximate surface area is 151 Å². The van der Waals surface area contributed by atoms with Crippen molar-refractivity contribution in [2.75, 3.05) is 5.32 Å². The van der Waals surface area contributed by atoms with Gasteiger partial charge in [0, 0.05) is 11.1 Å². The molecule has 1 N–H and O–H groups in total. The van der Waals surface area contributed by atoms with E-state index < -0.39 is 0 Å². The number of rotatable bonds is 4. The lowest BCUT2D eigenvalue weighted by molar-refractivity contribution is 0.102. The normalized spacial score (nSPS) is 10.3. The number of nitrogens with one attached hydrogen (secondary N) is 1. The Morgan fingerprint density at radius 3 is 2.24 bits per heavy atom. The lowest BCUT2D eigenvalue weighted by Crippen LogP contribution is -2.15. The molecule has 0 aromatic heterocycles. The summed E-state index contributed by atoms with van der Waals surface area (Å²) in [6.45, 7) is 1.90. The molecule has 0 saturated carbocycles. The molecule has 0 bridgehead atoms. The van der Waals surface area contributed by atoms with Gasteiger partial charge in [0.15, 0.2) is 5.78 Å². The van der Waals surface area contributed by atoms with Crippen molar-refractivity contribution in [2.24, 2.45) is 0 Å². The number of carbonyl (C=O) groups excluding carboxylic acids is 2. The fourth-order valence-corrected chi connectivity index (χ4v) is 2.76. The van der Waals surface area contributed by atoms with E-state index in [1.54, 1.807) is 48.5 Å². The van der Waals surface area contributed by atoms with Gasteiger partial charge >= 0.3 is 0 Å². The Kier molecular flexibility index (Phi) is 4.96. The van der Waals surface area contributed by atoms with Crippen LogP contribution in [0.4, 0.5) is 5.69 Å². The molecule has 4 heteroatoms. The van der Waals surface area contributed by atoms with Crippen LogP contribution in [0.15, 0.2) is 72.8 Å². The summed E-state index contributed by atoms with van der Waals surface area (Å²) in [5.74, 6) is -0.490. The minimum Gasteiger partial charge on any atom is -0.321 e. The van der Waals surface area contributed by atoms with Gasteiger partial charge in [0.1, 0.15) is 0 Å². The number of anilines is 1. The van der Waals surface area contributed by atoms with Crippen molar-refractivity contribution in [3.8, 4) is 0 Å². The van der Waals surface area contributed by atoms with E-state index in [1.165, 1.54) is 0 Å². The summed E-state index contributed by atoms with van der Waals surface area (Å²) in [5, 5.41) is 3.17. The van der Waals surface area contributed by atoms with Crippen LogP contribution in [-0.2, 0) is 0 Å². The molecule has 0 spiro atoms. The molecule has 0 aliphatic carbocycles. The monoisotopic (exact) mass is 349 g/mol. The number of hydrogen-bond acceptors (Lipinski definition) is 2. The van der Waals surface area contributed by atoms with E-state index in [-0.39, 0.29) is 11.7 Å². The zero-order chi connectivity index (χ0) is 17.8. The fraction of sp³-hybridized carbons (Fsp3) is 0.0476. The van der Waals surface area contributed by atoms with Gasteiger partial charge in [0.25, 0.3) is 5.91 Å². The van der Waals surface area contributed by atoms with E-state index in [0.717, 1.165) is 5.56 Å². The van der Waals surface area contributed by atoms with E-state index >= 15 is 0 Å². The van der Waals surface area contributed by atoms with E-state index in [9.17, 15) is 9.59 Å². The van der Waals surface area contributed by atoms with Crippen molar-refractivity contribution >= 4 is 29.0 Å². The molecule has 25 heavy (non-hydrogen) atoms. The Morgan fingerprint density at radius 1 is 0.840 bits per heavy atom. The number of aryl methyl sites for hydroxylation is 1. The average molecular weight is 350 g/mol. The molecule has 3 nitrogen and oxygen atoms in total. The Balaban J connectivity index is 1.96. The summed E-state index contributed by atoms with van der Waals surface area (Å²) in [4.78, 5) is 25.4. The van der Waals surface area contributed by atoms with Crippen LogP contribution < -0.4 is 5.32 Å². The first-order chi connectivity index (χ1) is 12.1. The van der Waals surface area contributed by atoms with Gasteiger partial charge in [-0.2, -0.15) is 0 Å². The first-order valence-corrected chi connectivity index (χ1v) is 8.20. The van der Waals surface area contributed by atoms with Crippen LogP contribution in [-0.4, -0.2) is 11.7 Å². The highest BCUT2D eigenvalue weighted by atomic mass is 35.5. The summed E-state index contributed by atoms with van der Waals surface area (Å²) in [6.07, 6.45) is 0. The smallest absolute Gasteiger partial charge is 0.257 e. The summed E-state index contributed by atoms with van der Waals surface area (Å²) in [7, 11) is 0. The highest BCUT2D eigenvalue weighted by Crippen LogP contribution is 2.23. The molecule has 124 valence electrons. The van der Waals surface area contributed by atoms with Crippen LogP contribution in [0.5, 0.6) is 0 Å². The molecule has 3 aromatic carbocycles. The largest absolute Gasteiger partial charge is 0.321 e. The highest BCUT2D eigenvalue weighted by molar-refractivity contribution is 6.34. The highest BCUT2D eigenvalue weighted by Gasteiger charge is 2.17. The summed E-state index contributed by atoms with van der Waals surface area (Å²) in [6, 6.07) is 21.1. The number of benzene rings is 3. The molecule has 0 radical (unpaired) electrons. The topological polar surface area (TPSA) is 46.2 Å². The quantitative estimate of drug-likeness (QED) is 0.663. The first kappa shape index (κ1) is 16.9. The lowest BCUT2D eigenvalue weighted by Gasteiger charge is -2.12. The minimum absolute atomic E-state index is 0.140. The third kappa shape index (κ3) is 3.78. The van der Waals surface area contributed by atoms with Gasteiger partial charge in [-0.1, -0.05) is 65.7 Å². The van der Waals surface area contributed by atoms with Crippen molar-refractivity contribution < 1.29 is 9.59 Å². The standard InChI is InChI=1S/C21H16ClNO2/c1-14-11-12-19(23-21(25)16-9-5-6-10-18(16)22)17(13-14)20(24)15-7-3-2-4-8-15/h2-13H,1H3,(H,23,25). The molecule has 0 heterocycles. The van der Waals surface area contributed by atoms with Gasteiger partial charge in [-0.25, -0.2) is 0 Å². The number of hydrogen-bond donors (Lipinski definition) is 1. The van der Waals surface area contributed by atoms with Crippen molar-refractivity contribution in [2.45, 2.75) is 6.92 Å². The maximum absolute atomic E-state index is 12.8. The molecule has 1 amide bonds. The van der Waals surface area contributed by atoms with E-state index in [2.05, 4.69) is 5.32 Å². The van der Waals surface area contributed by atoms with Crippen molar-refractivity contribution in [3.05, 3.63) is 100 Å². The third-order valence-corrected chi connectivity index (χ3v) is 4.15. The van der Waals surface area contributed by atoms with Crippen LogP contribution in [0.25, 0.3) is 0 Å². The van der Waals surface area contributed by atoms with Gasteiger partial charge in [0.05, 0.1) is 16.3 Å². The number of ketones is 1. The van der Waals surface area contributed by atoms with E-state index in [0.29, 0.717) is 27.4 Å².